The van der Waals surface area contributed by atoms with E-state index in [0.29, 0.717) is 31.8 Å². The third kappa shape index (κ3) is 3.36. The number of furan rings is 1. The summed E-state index contributed by atoms with van der Waals surface area (Å²) in [6, 6.07) is 13.2. The summed E-state index contributed by atoms with van der Waals surface area (Å²) in [5, 5.41) is 2.82. The second kappa shape index (κ2) is 6.47. The molecular weight excluding hydrogens is 280 g/mol. The Bertz CT molecular complexity index is 637. The summed E-state index contributed by atoms with van der Waals surface area (Å²) in [6.07, 6.45) is 1.95. The standard InChI is InChI=1S/C17H18N2O3/c20-16-9-14(10-18-17(21)15-7-4-8-22-15)12-19(16)11-13-5-2-1-3-6-13/h1-8,14H,9-12H2,(H,18,21). The second-order valence-electron chi connectivity index (χ2n) is 5.52. The van der Waals surface area contributed by atoms with Crippen LogP contribution in [0.5, 0.6) is 0 Å². The van der Waals surface area contributed by atoms with Crippen molar-refractivity contribution in [3.63, 3.8) is 0 Å². The molecule has 0 radical (unpaired) electrons. The maximum Gasteiger partial charge on any atom is 0.286 e. The van der Waals surface area contributed by atoms with Crippen molar-refractivity contribution in [1.82, 2.24) is 10.2 Å². The van der Waals surface area contributed by atoms with Crippen LogP contribution in [0.1, 0.15) is 22.5 Å². The first-order valence-electron chi connectivity index (χ1n) is 7.36. The lowest BCUT2D eigenvalue weighted by atomic mass is 10.1. The quantitative estimate of drug-likeness (QED) is 0.919. The minimum Gasteiger partial charge on any atom is -0.459 e. The predicted molar refractivity (Wildman–Crippen MR) is 81.0 cm³/mol. The molecule has 0 aliphatic carbocycles. The molecule has 0 saturated carbocycles. The highest BCUT2D eigenvalue weighted by Crippen LogP contribution is 2.19. The van der Waals surface area contributed by atoms with Gasteiger partial charge in [-0.15, -0.1) is 0 Å². The Morgan fingerprint density at radius 2 is 2.05 bits per heavy atom. The van der Waals surface area contributed by atoms with Gasteiger partial charge in [0.25, 0.3) is 5.91 Å². The van der Waals surface area contributed by atoms with E-state index in [1.54, 1.807) is 12.1 Å². The maximum atomic E-state index is 12.1. The molecule has 1 saturated heterocycles. The smallest absolute Gasteiger partial charge is 0.286 e. The first-order valence-corrected chi connectivity index (χ1v) is 7.36. The fourth-order valence-electron chi connectivity index (χ4n) is 2.68. The summed E-state index contributed by atoms with van der Waals surface area (Å²) in [7, 11) is 0. The highest BCUT2D eigenvalue weighted by molar-refractivity contribution is 5.91. The molecule has 1 fully saturated rings. The van der Waals surface area contributed by atoms with Crippen LogP contribution in [-0.4, -0.2) is 29.8 Å². The Morgan fingerprint density at radius 1 is 1.23 bits per heavy atom. The number of carbonyl (C=O) groups is 2. The molecule has 2 amide bonds. The van der Waals surface area contributed by atoms with E-state index in [4.69, 9.17) is 4.42 Å². The van der Waals surface area contributed by atoms with Crippen molar-refractivity contribution in [2.24, 2.45) is 5.92 Å². The molecule has 1 aromatic carbocycles. The van der Waals surface area contributed by atoms with Gasteiger partial charge in [0.2, 0.25) is 5.91 Å². The van der Waals surface area contributed by atoms with E-state index in [2.05, 4.69) is 5.32 Å². The number of rotatable bonds is 5. The molecule has 5 nitrogen and oxygen atoms in total. The number of hydrogen-bond acceptors (Lipinski definition) is 3. The average molecular weight is 298 g/mol. The minimum absolute atomic E-state index is 0.140. The zero-order chi connectivity index (χ0) is 15.4. The molecule has 1 aliphatic rings. The molecule has 5 heteroatoms. The minimum atomic E-state index is -0.237. The van der Waals surface area contributed by atoms with E-state index in [-0.39, 0.29) is 17.7 Å². The van der Waals surface area contributed by atoms with Crippen LogP contribution in [0.25, 0.3) is 0 Å². The summed E-state index contributed by atoms with van der Waals surface area (Å²) in [4.78, 5) is 25.7. The number of benzene rings is 1. The van der Waals surface area contributed by atoms with Crippen LogP contribution in [0, 0.1) is 5.92 Å². The molecule has 2 aromatic rings. The molecule has 1 N–H and O–H groups in total. The molecule has 1 aliphatic heterocycles. The first-order chi connectivity index (χ1) is 10.7. The van der Waals surface area contributed by atoms with Gasteiger partial charge < -0.3 is 14.6 Å². The van der Waals surface area contributed by atoms with Crippen LogP contribution in [0.4, 0.5) is 0 Å². The summed E-state index contributed by atoms with van der Waals surface area (Å²) < 4.78 is 5.04. The van der Waals surface area contributed by atoms with Crippen LogP contribution in [-0.2, 0) is 11.3 Å². The number of nitrogens with zero attached hydrogens (tertiary/aromatic N) is 1. The third-order valence-corrected chi connectivity index (χ3v) is 3.81. The summed E-state index contributed by atoms with van der Waals surface area (Å²) in [5.74, 6) is 0.348. The van der Waals surface area contributed by atoms with Gasteiger partial charge in [-0.05, 0) is 17.7 Å². The topological polar surface area (TPSA) is 62.6 Å². The summed E-state index contributed by atoms with van der Waals surface area (Å²) >= 11 is 0. The van der Waals surface area contributed by atoms with Crippen molar-refractivity contribution in [3.05, 3.63) is 60.1 Å². The van der Waals surface area contributed by atoms with Crippen LogP contribution in [0.2, 0.25) is 0 Å². The van der Waals surface area contributed by atoms with E-state index in [1.165, 1.54) is 6.26 Å². The largest absolute Gasteiger partial charge is 0.459 e. The van der Waals surface area contributed by atoms with Gasteiger partial charge in [0, 0.05) is 32.0 Å². The van der Waals surface area contributed by atoms with E-state index < -0.39 is 0 Å². The number of nitrogens with one attached hydrogen (secondary N) is 1. The van der Waals surface area contributed by atoms with E-state index in [0.717, 1.165) is 5.56 Å². The zero-order valence-electron chi connectivity index (χ0n) is 12.2. The average Bonchev–Trinajstić information content (AvgIpc) is 3.17. The van der Waals surface area contributed by atoms with Crippen LogP contribution < -0.4 is 5.32 Å². The maximum absolute atomic E-state index is 12.1. The lowest BCUT2D eigenvalue weighted by molar-refractivity contribution is -0.128. The lowest BCUT2D eigenvalue weighted by Crippen LogP contribution is -2.30. The molecule has 1 atom stereocenters. The summed E-state index contributed by atoms with van der Waals surface area (Å²) in [6.45, 7) is 1.78. The van der Waals surface area contributed by atoms with Crippen LogP contribution in [0.15, 0.2) is 53.1 Å². The number of amides is 2. The van der Waals surface area contributed by atoms with Gasteiger partial charge in [0.05, 0.1) is 6.26 Å². The monoisotopic (exact) mass is 298 g/mol. The molecule has 22 heavy (non-hydrogen) atoms. The van der Waals surface area contributed by atoms with Crippen molar-refractivity contribution in [2.75, 3.05) is 13.1 Å². The third-order valence-electron chi connectivity index (χ3n) is 3.81. The zero-order valence-corrected chi connectivity index (χ0v) is 12.2. The Kier molecular flexibility index (Phi) is 4.23. The van der Waals surface area contributed by atoms with Crippen molar-refractivity contribution in [3.8, 4) is 0 Å². The van der Waals surface area contributed by atoms with Crippen molar-refractivity contribution < 1.29 is 14.0 Å². The Morgan fingerprint density at radius 3 is 2.77 bits per heavy atom. The van der Waals surface area contributed by atoms with Crippen molar-refractivity contribution in [2.45, 2.75) is 13.0 Å². The molecule has 0 bridgehead atoms. The molecule has 1 aromatic heterocycles. The molecule has 0 spiro atoms. The second-order valence-corrected chi connectivity index (χ2v) is 5.52. The molecule has 1 unspecified atom stereocenters. The van der Waals surface area contributed by atoms with Crippen LogP contribution >= 0.6 is 0 Å². The predicted octanol–water partition coefficient (Wildman–Crippen LogP) is 2.06. The number of carbonyl (C=O) groups excluding carboxylic acids is 2. The highest BCUT2D eigenvalue weighted by atomic mass is 16.3. The van der Waals surface area contributed by atoms with Crippen molar-refractivity contribution >= 4 is 11.8 Å². The normalized spacial score (nSPS) is 17.7. The van der Waals surface area contributed by atoms with Gasteiger partial charge in [-0.1, -0.05) is 30.3 Å². The molecule has 114 valence electrons. The summed E-state index contributed by atoms with van der Waals surface area (Å²) in [5.41, 5.74) is 1.12. The SMILES string of the molecule is O=C(NCC1CC(=O)N(Cc2ccccc2)C1)c1ccco1. The van der Waals surface area contributed by atoms with Gasteiger partial charge in [-0.25, -0.2) is 0 Å². The van der Waals surface area contributed by atoms with Gasteiger partial charge in [-0.3, -0.25) is 9.59 Å². The number of hydrogen-bond donors (Lipinski definition) is 1. The van der Waals surface area contributed by atoms with Gasteiger partial charge in [-0.2, -0.15) is 0 Å². The Hall–Kier alpha value is -2.56. The van der Waals surface area contributed by atoms with Gasteiger partial charge in [0.1, 0.15) is 0 Å². The number of likely N-dealkylation sites (tertiary alicyclic amines) is 1. The van der Waals surface area contributed by atoms with Crippen molar-refractivity contribution in [1.29, 1.82) is 0 Å². The van der Waals surface area contributed by atoms with E-state index in [9.17, 15) is 9.59 Å². The first kappa shape index (κ1) is 14.4. The Balaban J connectivity index is 1.50. The van der Waals surface area contributed by atoms with Gasteiger partial charge in [0.15, 0.2) is 5.76 Å². The fourth-order valence-corrected chi connectivity index (χ4v) is 2.68. The Labute approximate surface area is 128 Å². The highest BCUT2D eigenvalue weighted by Gasteiger charge is 2.29. The van der Waals surface area contributed by atoms with E-state index in [1.807, 2.05) is 35.2 Å². The molecular formula is C17H18N2O3. The van der Waals surface area contributed by atoms with Gasteiger partial charge >= 0.3 is 0 Å². The lowest BCUT2D eigenvalue weighted by Gasteiger charge is -2.16. The fraction of sp³-hybridized carbons (Fsp3) is 0.294. The molecule has 3 rings (SSSR count). The van der Waals surface area contributed by atoms with Crippen LogP contribution in [0.3, 0.4) is 0 Å². The molecule has 2 heterocycles. The van der Waals surface area contributed by atoms with E-state index >= 15 is 0 Å².